The normalized spacial score (nSPS) is 11.3. The van der Waals surface area contributed by atoms with Gasteiger partial charge in [-0.25, -0.2) is 0 Å². The highest BCUT2D eigenvalue weighted by molar-refractivity contribution is 9.11. The zero-order valence-corrected chi connectivity index (χ0v) is 11.2. The SMILES string of the molecule is C/C(=N\N=C(N)N)c1cc(Br)ccc1Br. The quantitative estimate of drug-likeness (QED) is 0.494. The first-order chi connectivity index (χ1) is 7.00. The molecule has 0 saturated heterocycles. The van der Waals surface area contributed by atoms with Crippen LogP contribution in [0.15, 0.2) is 37.3 Å². The number of guanidine groups is 1. The molecule has 1 rings (SSSR count). The van der Waals surface area contributed by atoms with Crippen LogP contribution in [-0.2, 0) is 0 Å². The first kappa shape index (κ1) is 12.2. The monoisotopic (exact) mass is 332 g/mol. The summed E-state index contributed by atoms with van der Waals surface area (Å²) in [6.45, 7) is 1.83. The van der Waals surface area contributed by atoms with Crippen LogP contribution in [0.4, 0.5) is 0 Å². The summed E-state index contributed by atoms with van der Waals surface area (Å²) in [6, 6.07) is 5.79. The van der Waals surface area contributed by atoms with Crippen LogP contribution in [0.1, 0.15) is 12.5 Å². The van der Waals surface area contributed by atoms with E-state index in [-0.39, 0.29) is 5.96 Å². The van der Waals surface area contributed by atoms with Crippen molar-refractivity contribution in [3.05, 3.63) is 32.7 Å². The van der Waals surface area contributed by atoms with Gasteiger partial charge in [-0.1, -0.05) is 31.9 Å². The second kappa shape index (κ2) is 5.27. The maximum atomic E-state index is 5.19. The molecule has 0 aliphatic heterocycles. The van der Waals surface area contributed by atoms with Crippen LogP contribution in [0.3, 0.4) is 0 Å². The molecule has 80 valence electrons. The van der Waals surface area contributed by atoms with Gasteiger partial charge in [-0.2, -0.15) is 5.10 Å². The number of hydrogen-bond acceptors (Lipinski definition) is 2. The average molecular weight is 334 g/mol. The largest absolute Gasteiger partial charge is 0.369 e. The van der Waals surface area contributed by atoms with Crippen molar-refractivity contribution in [2.24, 2.45) is 21.7 Å². The molecule has 6 heteroatoms. The van der Waals surface area contributed by atoms with Crippen molar-refractivity contribution in [1.29, 1.82) is 0 Å². The molecule has 0 aliphatic carbocycles. The molecule has 1 aromatic rings. The second-order valence-electron chi connectivity index (χ2n) is 2.83. The van der Waals surface area contributed by atoms with Gasteiger partial charge in [-0.05, 0) is 25.1 Å². The van der Waals surface area contributed by atoms with Crippen LogP contribution in [-0.4, -0.2) is 11.7 Å². The van der Waals surface area contributed by atoms with E-state index in [0.717, 1.165) is 20.2 Å². The minimum Gasteiger partial charge on any atom is -0.369 e. The highest BCUT2D eigenvalue weighted by Crippen LogP contribution is 2.22. The van der Waals surface area contributed by atoms with Gasteiger partial charge in [0.15, 0.2) is 0 Å². The van der Waals surface area contributed by atoms with Crippen LogP contribution in [0, 0.1) is 0 Å². The molecule has 0 fully saturated rings. The molecule has 15 heavy (non-hydrogen) atoms. The van der Waals surface area contributed by atoms with Crippen LogP contribution in [0.25, 0.3) is 0 Å². The first-order valence-corrected chi connectivity index (χ1v) is 5.68. The molecule has 0 heterocycles. The third-order valence-electron chi connectivity index (χ3n) is 1.63. The third kappa shape index (κ3) is 3.64. The Morgan fingerprint density at radius 1 is 1.20 bits per heavy atom. The minimum atomic E-state index is -0.0551. The highest BCUT2D eigenvalue weighted by atomic mass is 79.9. The third-order valence-corrected chi connectivity index (χ3v) is 2.82. The molecule has 4 nitrogen and oxygen atoms in total. The van der Waals surface area contributed by atoms with Crippen LogP contribution < -0.4 is 11.5 Å². The lowest BCUT2D eigenvalue weighted by Gasteiger charge is -2.03. The fraction of sp³-hybridized carbons (Fsp3) is 0.111. The number of benzene rings is 1. The van der Waals surface area contributed by atoms with Gasteiger partial charge in [0.1, 0.15) is 0 Å². The lowest BCUT2D eigenvalue weighted by molar-refractivity contribution is 1.19. The van der Waals surface area contributed by atoms with Gasteiger partial charge in [0.05, 0.1) is 5.71 Å². The van der Waals surface area contributed by atoms with Gasteiger partial charge < -0.3 is 11.5 Å². The molecular formula is C9H10Br2N4. The first-order valence-electron chi connectivity index (χ1n) is 4.09. The van der Waals surface area contributed by atoms with E-state index in [4.69, 9.17) is 11.5 Å². The molecule has 0 aromatic heterocycles. The van der Waals surface area contributed by atoms with Crippen molar-refractivity contribution in [2.45, 2.75) is 6.92 Å². The molecule has 1 aromatic carbocycles. The maximum absolute atomic E-state index is 5.19. The molecule has 0 amide bonds. The summed E-state index contributed by atoms with van der Waals surface area (Å²) < 4.78 is 1.91. The zero-order chi connectivity index (χ0) is 11.4. The number of hydrogen-bond donors (Lipinski definition) is 2. The molecule has 0 spiro atoms. The van der Waals surface area contributed by atoms with Gasteiger partial charge in [-0.15, -0.1) is 5.10 Å². The topological polar surface area (TPSA) is 76.8 Å². The standard InChI is InChI=1S/C9H10Br2N4/c1-5(14-15-9(12)13)7-4-6(10)2-3-8(7)11/h2-4H,1H3,(H4,12,13,15)/b14-5+. The molecule has 0 unspecified atom stereocenters. The van der Waals surface area contributed by atoms with Gasteiger partial charge in [0, 0.05) is 14.5 Å². The smallest absolute Gasteiger partial charge is 0.211 e. The average Bonchev–Trinajstić information content (AvgIpc) is 2.18. The lowest BCUT2D eigenvalue weighted by Crippen LogP contribution is -2.22. The minimum absolute atomic E-state index is 0.0551. The molecule has 0 bridgehead atoms. The van der Waals surface area contributed by atoms with E-state index in [1.807, 2.05) is 25.1 Å². The Kier molecular flexibility index (Phi) is 4.28. The fourth-order valence-electron chi connectivity index (χ4n) is 0.961. The number of halogens is 2. The molecular weight excluding hydrogens is 324 g/mol. The van der Waals surface area contributed by atoms with Crippen molar-refractivity contribution in [3.8, 4) is 0 Å². The summed E-state index contributed by atoms with van der Waals surface area (Å²) in [5, 5.41) is 7.50. The van der Waals surface area contributed by atoms with Crippen LogP contribution in [0.5, 0.6) is 0 Å². The van der Waals surface area contributed by atoms with E-state index in [1.165, 1.54) is 0 Å². The number of nitrogens with two attached hydrogens (primary N) is 2. The van der Waals surface area contributed by atoms with Gasteiger partial charge in [0.2, 0.25) is 5.96 Å². The lowest BCUT2D eigenvalue weighted by atomic mass is 10.1. The van der Waals surface area contributed by atoms with Crippen molar-refractivity contribution in [1.82, 2.24) is 0 Å². The van der Waals surface area contributed by atoms with E-state index in [1.54, 1.807) is 0 Å². The van der Waals surface area contributed by atoms with Gasteiger partial charge in [-0.3, -0.25) is 0 Å². The summed E-state index contributed by atoms with van der Waals surface area (Å²) in [5.41, 5.74) is 12.0. The van der Waals surface area contributed by atoms with Crippen molar-refractivity contribution < 1.29 is 0 Å². The maximum Gasteiger partial charge on any atom is 0.211 e. The highest BCUT2D eigenvalue weighted by Gasteiger charge is 2.03. The van der Waals surface area contributed by atoms with E-state index in [0.29, 0.717) is 0 Å². The Hall–Kier alpha value is -0.880. The fourth-order valence-corrected chi connectivity index (χ4v) is 1.86. The molecule has 0 aliphatic rings. The Morgan fingerprint density at radius 3 is 2.47 bits per heavy atom. The van der Waals surface area contributed by atoms with Crippen molar-refractivity contribution in [3.63, 3.8) is 0 Å². The van der Waals surface area contributed by atoms with E-state index in [2.05, 4.69) is 42.1 Å². The summed E-state index contributed by atoms with van der Waals surface area (Å²) >= 11 is 6.81. The van der Waals surface area contributed by atoms with Crippen molar-refractivity contribution >= 4 is 43.5 Å². The Morgan fingerprint density at radius 2 is 1.87 bits per heavy atom. The van der Waals surface area contributed by atoms with Crippen molar-refractivity contribution in [2.75, 3.05) is 0 Å². The van der Waals surface area contributed by atoms with Crippen LogP contribution >= 0.6 is 31.9 Å². The molecule has 0 saturated carbocycles. The Labute approximate surface area is 105 Å². The van der Waals surface area contributed by atoms with Gasteiger partial charge >= 0.3 is 0 Å². The van der Waals surface area contributed by atoms with E-state index in [9.17, 15) is 0 Å². The molecule has 0 atom stereocenters. The second-order valence-corrected chi connectivity index (χ2v) is 4.60. The van der Waals surface area contributed by atoms with E-state index < -0.39 is 0 Å². The summed E-state index contributed by atoms with van der Waals surface area (Å²) in [4.78, 5) is 0. The van der Waals surface area contributed by atoms with Gasteiger partial charge in [0.25, 0.3) is 0 Å². The zero-order valence-electron chi connectivity index (χ0n) is 8.04. The summed E-state index contributed by atoms with van der Waals surface area (Å²) in [5.74, 6) is -0.0551. The Balaban J connectivity index is 3.10. The summed E-state index contributed by atoms with van der Waals surface area (Å²) in [7, 11) is 0. The summed E-state index contributed by atoms with van der Waals surface area (Å²) in [6.07, 6.45) is 0. The predicted octanol–water partition coefficient (Wildman–Crippen LogP) is 2.21. The molecule has 4 N–H and O–H groups in total. The molecule has 0 radical (unpaired) electrons. The number of nitrogens with zero attached hydrogens (tertiary/aromatic N) is 2. The van der Waals surface area contributed by atoms with E-state index >= 15 is 0 Å². The predicted molar refractivity (Wildman–Crippen MR) is 69.9 cm³/mol. The number of rotatable bonds is 2. The van der Waals surface area contributed by atoms with Crippen LogP contribution in [0.2, 0.25) is 0 Å². The Bertz CT molecular complexity index is 422.